The lowest BCUT2D eigenvalue weighted by molar-refractivity contribution is 0.0474. The van der Waals surface area contributed by atoms with Gasteiger partial charge in [0.05, 0.1) is 16.9 Å². The van der Waals surface area contributed by atoms with E-state index < -0.39 is 11.6 Å². The number of carboxylic acids is 1. The van der Waals surface area contributed by atoms with E-state index in [2.05, 4.69) is 10.3 Å². The second-order valence-corrected chi connectivity index (χ2v) is 4.88. The molecule has 0 radical (unpaired) electrons. The van der Waals surface area contributed by atoms with E-state index >= 15 is 0 Å². The Morgan fingerprint density at radius 3 is 2.67 bits per heavy atom. The first-order chi connectivity index (χ1) is 8.59. The molecule has 1 aromatic heterocycles. The maximum Gasteiger partial charge on any atom is 0.337 e. The first-order valence-electron chi connectivity index (χ1n) is 6.20. The molecule has 5 nitrogen and oxygen atoms in total. The van der Waals surface area contributed by atoms with Crippen LogP contribution in [0.1, 0.15) is 41.7 Å². The van der Waals surface area contributed by atoms with Crippen LogP contribution in [0.4, 0.5) is 0 Å². The van der Waals surface area contributed by atoms with Gasteiger partial charge in [-0.15, -0.1) is 0 Å². The molecule has 0 atom stereocenters. The number of carbonyl (C=O) groups is 1. The highest BCUT2D eigenvalue weighted by Gasteiger charge is 2.30. The van der Waals surface area contributed by atoms with Crippen molar-refractivity contribution in [2.75, 3.05) is 6.54 Å². The summed E-state index contributed by atoms with van der Waals surface area (Å²) < 4.78 is 0. The largest absolute Gasteiger partial charge is 0.478 e. The summed E-state index contributed by atoms with van der Waals surface area (Å²) in [5.41, 5.74) is 0.399. The van der Waals surface area contributed by atoms with Gasteiger partial charge in [-0.2, -0.15) is 0 Å². The van der Waals surface area contributed by atoms with Gasteiger partial charge >= 0.3 is 5.97 Å². The summed E-state index contributed by atoms with van der Waals surface area (Å²) in [5.74, 6) is -0.970. The summed E-state index contributed by atoms with van der Waals surface area (Å²) in [6.07, 6.45) is 5.23. The first kappa shape index (κ1) is 13.0. The zero-order valence-corrected chi connectivity index (χ0v) is 10.2. The van der Waals surface area contributed by atoms with Crippen molar-refractivity contribution in [2.24, 2.45) is 0 Å². The van der Waals surface area contributed by atoms with Crippen molar-refractivity contribution in [3.8, 4) is 0 Å². The highest BCUT2D eigenvalue weighted by molar-refractivity contribution is 5.87. The zero-order chi connectivity index (χ0) is 13.0. The Morgan fingerprint density at radius 2 is 2.11 bits per heavy atom. The van der Waals surface area contributed by atoms with Crippen LogP contribution in [0.5, 0.6) is 0 Å². The molecule has 0 spiro atoms. The molecular weight excluding hydrogens is 232 g/mol. The average Bonchev–Trinajstić information content (AvgIpc) is 2.77. The van der Waals surface area contributed by atoms with Crippen LogP contribution in [-0.4, -0.2) is 33.3 Å². The van der Waals surface area contributed by atoms with Crippen LogP contribution >= 0.6 is 0 Å². The number of rotatable bonds is 5. The molecule has 1 saturated carbocycles. The van der Waals surface area contributed by atoms with E-state index in [1.54, 1.807) is 6.07 Å². The van der Waals surface area contributed by atoms with Gasteiger partial charge in [0.15, 0.2) is 0 Å². The summed E-state index contributed by atoms with van der Waals surface area (Å²) >= 11 is 0. The van der Waals surface area contributed by atoms with E-state index in [1.165, 1.54) is 12.3 Å². The van der Waals surface area contributed by atoms with Crippen LogP contribution in [0.2, 0.25) is 0 Å². The number of nitrogens with zero attached hydrogens (tertiary/aromatic N) is 1. The second-order valence-electron chi connectivity index (χ2n) is 4.88. The van der Waals surface area contributed by atoms with E-state index in [0.717, 1.165) is 31.4 Å². The minimum atomic E-state index is -0.970. The predicted octanol–water partition coefficient (Wildman–Crippen LogP) is 1.17. The normalized spacial score (nSPS) is 17.8. The van der Waals surface area contributed by atoms with Crippen LogP contribution in [0.25, 0.3) is 0 Å². The zero-order valence-electron chi connectivity index (χ0n) is 10.2. The number of aromatic carboxylic acids is 1. The van der Waals surface area contributed by atoms with Crippen molar-refractivity contribution in [2.45, 2.75) is 37.8 Å². The number of nitrogens with one attached hydrogen (secondary N) is 1. The van der Waals surface area contributed by atoms with Gasteiger partial charge in [0.1, 0.15) is 0 Å². The second kappa shape index (κ2) is 5.46. The SMILES string of the molecule is O=C(O)c1ccc(CNCC2(O)CCCC2)nc1. The molecule has 98 valence electrons. The Balaban J connectivity index is 1.81. The molecule has 18 heavy (non-hydrogen) atoms. The molecule has 3 N–H and O–H groups in total. The van der Waals surface area contributed by atoms with Gasteiger partial charge < -0.3 is 15.5 Å². The van der Waals surface area contributed by atoms with Crippen molar-refractivity contribution >= 4 is 5.97 Å². The third kappa shape index (κ3) is 3.27. The molecule has 1 aliphatic carbocycles. The van der Waals surface area contributed by atoms with E-state index in [9.17, 15) is 9.90 Å². The number of hydrogen-bond acceptors (Lipinski definition) is 4. The molecule has 5 heteroatoms. The summed E-state index contributed by atoms with van der Waals surface area (Å²) in [6, 6.07) is 3.23. The van der Waals surface area contributed by atoms with Gasteiger partial charge in [-0.1, -0.05) is 12.8 Å². The fourth-order valence-electron chi connectivity index (χ4n) is 2.29. The lowest BCUT2D eigenvalue weighted by atomic mass is 10.0. The fourth-order valence-corrected chi connectivity index (χ4v) is 2.29. The molecule has 0 aliphatic heterocycles. The Kier molecular flexibility index (Phi) is 3.93. The highest BCUT2D eigenvalue weighted by atomic mass is 16.4. The summed E-state index contributed by atoms with van der Waals surface area (Å²) in [6.45, 7) is 1.11. The first-order valence-corrected chi connectivity index (χ1v) is 6.20. The van der Waals surface area contributed by atoms with E-state index in [0.29, 0.717) is 13.1 Å². The van der Waals surface area contributed by atoms with Crippen molar-refractivity contribution in [3.63, 3.8) is 0 Å². The maximum atomic E-state index is 10.7. The van der Waals surface area contributed by atoms with Crippen LogP contribution in [0, 0.1) is 0 Å². The molecule has 0 unspecified atom stereocenters. The van der Waals surface area contributed by atoms with Gasteiger partial charge in [0.25, 0.3) is 0 Å². The molecule has 0 amide bonds. The molecular formula is C13H18N2O3. The predicted molar refractivity (Wildman–Crippen MR) is 66.3 cm³/mol. The van der Waals surface area contributed by atoms with Gasteiger partial charge in [0, 0.05) is 19.3 Å². The van der Waals surface area contributed by atoms with Gasteiger partial charge in [-0.25, -0.2) is 4.79 Å². The van der Waals surface area contributed by atoms with Crippen molar-refractivity contribution in [3.05, 3.63) is 29.6 Å². The lowest BCUT2D eigenvalue weighted by Crippen LogP contribution is -2.37. The number of aromatic nitrogens is 1. The van der Waals surface area contributed by atoms with Crippen molar-refractivity contribution in [1.82, 2.24) is 10.3 Å². The molecule has 1 fully saturated rings. The van der Waals surface area contributed by atoms with Crippen LogP contribution in [-0.2, 0) is 6.54 Å². The Hall–Kier alpha value is -1.46. The van der Waals surface area contributed by atoms with Crippen LogP contribution in [0.3, 0.4) is 0 Å². The smallest absolute Gasteiger partial charge is 0.337 e. The molecule has 0 bridgehead atoms. The van der Waals surface area contributed by atoms with Gasteiger partial charge in [-0.3, -0.25) is 4.98 Å². The van der Waals surface area contributed by atoms with E-state index in [1.807, 2.05) is 0 Å². The fraction of sp³-hybridized carbons (Fsp3) is 0.538. The third-order valence-electron chi connectivity index (χ3n) is 3.37. The van der Waals surface area contributed by atoms with E-state index in [-0.39, 0.29) is 5.56 Å². The summed E-state index contributed by atoms with van der Waals surface area (Å²) in [5, 5.41) is 22.0. The Bertz CT molecular complexity index is 411. The quantitative estimate of drug-likeness (QED) is 0.731. The topological polar surface area (TPSA) is 82.5 Å². The number of carboxylic acid groups (broad SMARTS) is 1. The minimum Gasteiger partial charge on any atom is -0.478 e. The highest BCUT2D eigenvalue weighted by Crippen LogP contribution is 2.28. The maximum absolute atomic E-state index is 10.7. The third-order valence-corrected chi connectivity index (χ3v) is 3.37. The monoisotopic (exact) mass is 250 g/mol. The number of aliphatic hydroxyl groups is 1. The standard InChI is InChI=1S/C13H18N2O3/c16-12(17)10-3-4-11(15-7-10)8-14-9-13(18)5-1-2-6-13/h3-4,7,14,18H,1-2,5-6,8-9H2,(H,16,17). The van der Waals surface area contributed by atoms with Gasteiger partial charge in [-0.05, 0) is 25.0 Å². The van der Waals surface area contributed by atoms with Crippen molar-refractivity contribution < 1.29 is 15.0 Å². The van der Waals surface area contributed by atoms with Crippen molar-refractivity contribution in [1.29, 1.82) is 0 Å². The van der Waals surface area contributed by atoms with Gasteiger partial charge in [0.2, 0.25) is 0 Å². The molecule has 1 aliphatic rings. The summed E-state index contributed by atoms with van der Waals surface area (Å²) in [7, 11) is 0. The summed E-state index contributed by atoms with van der Waals surface area (Å²) in [4.78, 5) is 14.7. The molecule has 0 aromatic carbocycles. The Morgan fingerprint density at radius 1 is 1.39 bits per heavy atom. The molecule has 2 rings (SSSR count). The number of hydrogen-bond donors (Lipinski definition) is 3. The van der Waals surface area contributed by atoms with E-state index in [4.69, 9.17) is 5.11 Å². The lowest BCUT2D eigenvalue weighted by Gasteiger charge is -2.22. The molecule has 1 aromatic rings. The molecule has 0 saturated heterocycles. The van der Waals surface area contributed by atoms with Crippen LogP contribution < -0.4 is 5.32 Å². The number of pyridine rings is 1. The van der Waals surface area contributed by atoms with Crippen LogP contribution in [0.15, 0.2) is 18.3 Å². The Labute approximate surface area is 106 Å². The minimum absolute atomic E-state index is 0.188. The molecule has 1 heterocycles. The average molecular weight is 250 g/mol.